The monoisotopic (exact) mass is 235 g/mol. The lowest BCUT2D eigenvalue weighted by molar-refractivity contribution is 0.101. The molecule has 0 N–H and O–H groups in total. The SMILES string of the molecule is COc1ccc(C(C)=O)cc1CN(C)C(C)C. The largest absolute Gasteiger partial charge is 0.496 e. The highest BCUT2D eigenvalue weighted by Gasteiger charge is 2.11. The van der Waals surface area contributed by atoms with Gasteiger partial charge in [-0.05, 0) is 46.0 Å². The number of ether oxygens (including phenoxy) is 1. The fourth-order valence-electron chi connectivity index (χ4n) is 1.57. The predicted molar refractivity (Wildman–Crippen MR) is 69.6 cm³/mol. The van der Waals surface area contributed by atoms with Gasteiger partial charge in [0.2, 0.25) is 0 Å². The van der Waals surface area contributed by atoms with Gasteiger partial charge in [-0.3, -0.25) is 9.69 Å². The molecule has 0 radical (unpaired) electrons. The first kappa shape index (κ1) is 13.7. The van der Waals surface area contributed by atoms with E-state index in [1.807, 2.05) is 12.1 Å². The molecule has 17 heavy (non-hydrogen) atoms. The molecule has 1 aromatic carbocycles. The van der Waals surface area contributed by atoms with Crippen LogP contribution in [0.4, 0.5) is 0 Å². The second kappa shape index (κ2) is 5.82. The number of hydrogen-bond donors (Lipinski definition) is 0. The zero-order valence-corrected chi connectivity index (χ0v) is 11.3. The van der Waals surface area contributed by atoms with E-state index < -0.39 is 0 Å². The summed E-state index contributed by atoms with van der Waals surface area (Å²) in [6.45, 7) is 6.64. The van der Waals surface area contributed by atoms with Crippen LogP contribution >= 0.6 is 0 Å². The van der Waals surface area contributed by atoms with E-state index in [0.717, 1.165) is 23.4 Å². The van der Waals surface area contributed by atoms with Crippen molar-refractivity contribution < 1.29 is 9.53 Å². The van der Waals surface area contributed by atoms with Gasteiger partial charge in [0.25, 0.3) is 0 Å². The lowest BCUT2D eigenvalue weighted by Crippen LogP contribution is -2.25. The van der Waals surface area contributed by atoms with Crippen molar-refractivity contribution in [2.75, 3.05) is 14.2 Å². The molecule has 0 aliphatic heterocycles. The third-order valence-electron chi connectivity index (χ3n) is 2.99. The van der Waals surface area contributed by atoms with Crippen LogP contribution in [0.1, 0.15) is 36.7 Å². The molecule has 0 amide bonds. The molecule has 1 rings (SSSR count). The van der Waals surface area contributed by atoms with Crippen LogP contribution < -0.4 is 4.74 Å². The van der Waals surface area contributed by atoms with Gasteiger partial charge in [0.15, 0.2) is 5.78 Å². The van der Waals surface area contributed by atoms with Crippen molar-refractivity contribution in [3.05, 3.63) is 29.3 Å². The number of benzene rings is 1. The van der Waals surface area contributed by atoms with Crippen LogP contribution in [0.3, 0.4) is 0 Å². The Bertz CT molecular complexity index is 399. The van der Waals surface area contributed by atoms with Crippen LogP contribution in [0.15, 0.2) is 18.2 Å². The lowest BCUT2D eigenvalue weighted by Gasteiger charge is -2.22. The first-order valence-electron chi connectivity index (χ1n) is 5.83. The molecule has 94 valence electrons. The number of carbonyl (C=O) groups is 1. The molecule has 3 nitrogen and oxygen atoms in total. The molecular formula is C14H21NO2. The molecule has 0 spiro atoms. The maximum Gasteiger partial charge on any atom is 0.159 e. The Balaban J connectivity index is 3.02. The summed E-state index contributed by atoms with van der Waals surface area (Å²) < 4.78 is 5.32. The molecule has 3 heteroatoms. The van der Waals surface area contributed by atoms with Crippen LogP contribution in [0.2, 0.25) is 0 Å². The molecule has 0 heterocycles. The minimum absolute atomic E-state index is 0.0844. The standard InChI is InChI=1S/C14H21NO2/c1-10(2)15(4)9-13-8-12(11(3)16)6-7-14(13)17-5/h6-8,10H,9H2,1-5H3. The van der Waals surface area contributed by atoms with Gasteiger partial charge in [0.05, 0.1) is 7.11 Å². The minimum atomic E-state index is 0.0844. The summed E-state index contributed by atoms with van der Waals surface area (Å²) in [5.41, 5.74) is 1.79. The molecule has 0 saturated carbocycles. The van der Waals surface area contributed by atoms with Gasteiger partial charge in [-0.15, -0.1) is 0 Å². The van der Waals surface area contributed by atoms with Crippen LogP contribution in [-0.2, 0) is 6.54 Å². The van der Waals surface area contributed by atoms with Gasteiger partial charge >= 0.3 is 0 Å². The Morgan fingerprint density at radius 2 is 2.06 bits per heavy atom. The van der Waals surface area contributed by atoms with Gasteiger partial charge in [-0.2, -0.15) is 0 Å². The Hall–Kier alpha value is -1.35. The first-order valence-corrected chi connectivity index (χ1v) is 5.83. The predicted octanol–water partition coefficient (Wildman–Crippen LogP) is 2.74. The molecule has 0 aliphatic carbocycles. The third kappa shape index (κ3) is 3.56. The van der Waals surface area contributed by atoms with E-state index in [0.29, 0.717) is 6.04 Å². The summed E-state index contributed by atoms with van der Waals surface area (Å²) in [7, 11) is 3.71. The van der Waals surface area contributed by atoms with Crippen LogP contribution in [-0.4, -0.2) is 30.9 Å². The molecule has 0 saturated heterocycles. The van der Waals surface area contributed by atoms with Gasteiger partial charge in [-0.25, -0.2) is 0 Å². The maximum absolute atomic E-state index is 11.4. The van der Waals surface area contributed by atoms with Crippen molar-refractivity contribution in [1.29, 1.82) is 0 Å². The number of ketones is 1. The molecule has 0 aromatic heterocycles. The van der Waals surface area contributed by atoms with E-state index in [9.17, 15) is 4.79 Å². The molecule has 0 unspecified atom stereocenters. The fraction of sp³-hybridized carbons (Fsp3) is 0.500. The highest BCUT2D eigenvalue weighted by molar-refractivity contribution is 5.94. The van der Waals surface area contributed by atoms with Crippen molar-refractivity contribution in [1.82, 2.24) is 4.90 Å². The van der Waals surface area contributed by atoms with Crippen LogP contribution in [0, 0.1) is 0 Å². The van der Waals surface area contributed by atoms with Gasteiger partial charge in [0, 0.05) is 23.7 Å². The zero-order valence-electron chi connectivity index (χ0n) is 11.3. The molecule has 0 bridgehead atoms. The fourth-order valence-corrected chi connectivity index (χ4v) is 1.57. The van der Waals surface area contributed by atoms with Gasteiger partial charge < -0.3 is 4.74 Å². The number of nitrogens with zero attached hydrogens (tertiary/aromatic N) is 1. The minimum Gasteiger partial charge on any atom is -0.496 e. The van der Waals surface area contributed by atoms with Crippen LogP contribution in [0.25, 0.3) is 0 Å². The summed E-state index contributed by atoms with van der Waals surface area (Å²) in [6, 6.07) is 6.04. The van der Waals surface area contributed by atoms with Crippen molar-refractivity contribution in [3.8, 4) is 5.75 Å². The molecule has 1 aromatic rings. The summed E-state index contributed by atoms with van der Waals surface area (Å²) >= 11 is 0. The highest BCUT2D eigenvalue weighted by Crippen LogP contribution is 2.22. The van der Waals surface area contributed by atoms with E-state index >= 15 is 0 Å². The van der Waals surface area contributed by atoms with Gasteiger partial charge in [-0.1, -0.05) is 0 Å². The van der Waals surface area contributed by atoms with Gasteiger partial charge in [0.1, 0.15) is 5.75 Å². The van der Waals surface area contributed by atoms with E-state index in [4.69, 9.17) is 4.74 Å². The van der Waals surface area contributed by atoms with Crippen LogP contribution in [0.5, 0.6) is 5.75 Å². The third-order valence-corrected chi connectivity index (χ3v) is 2.99. The second-order valence-electron chi connectivity index (χ2n) is 4.59. The maximum atomic E-state index is 11.4. The Morgan fingerprint density at radius 3 is 2.53 bits per heavy atom. The average Bonchev–Trinajstić information content (AvgIpc) is 2.28. The summed E-state index contributed by atoms with van der Waals surface area (Å²) in [5, 5.41) is 0. The summed E-state index contributed by atoms with van der Waals surface area (Å²) in [4.78, 5) is 13.6. The molecule has 0 atom stereocenters. The number of Topliss-reactive ketones (excluding diaryl/α,β-unsaturated/α-hetero) is 1. The summed E-state index contributed by atoms with van der Waals surface area (Å²) in [6.07, 6.45) is 0. The average molecular weight is 235 g/mol. The zero-order chi connectivity index (χ0) is 13.0. The van der Waals surface area contributed by atoms with Crippen molar-refractivity contribution in [2.24, 2.45) is 0 Å². The lowest BCUT2D eigenvalue weighted by atomic mass is 10.1. The number of rotatable bonds is 5. The summed E-state index contributed by atoms with van der Waals surface area (Å²) in [5.74, 6) is 0.920. The Labute approximate surface area is 103 Å². The van der Waals surface area contributed by atoms with Crippen molar-refractivity contribution >= 4 is 5.78 Å². The Morgan fingerprint density at radius 1 is 1.41 bits per heavy atom. The van der Waals surface area contributed by atoms with E-state index in [2.05, 4.69) is 25.8 Å². The number of hydrogen-bond acceptors (Lipinski definition) is 3. The highest BCUT2D eigenvalue weighted by atomic mass is 16.5. The smallest absolute Gasteiger partial charge is 0.159 e. The normalized spacial score (nSPS) is 11.0. The molecule has 0 fully saturated rings. The second-order valence-corrected chi connectivity index (χ2v) is 4.59. The first-order chi connectivity index (χ1) is 7.95. The number of methoxy groups -OCH3 is 1. The van der Waals surface area contributed by atoms with E-state index in [1.165, 1.54) is 0 Å². The Kier molecular flexibility index (Phi) is 4.70. The van der Waals surface area contributed by atoms with E-state index in [-0.39, 0.29) is 5.78 Å². The topological polar surface area (TPSA) is 29.5 Å². The molecule has 0 aliphatic rings. The van der Waals surface area contributed by atoms with Crippen molar-refractivity contribution in [2.45, 2.75) is 33.4 Å². The number of carbonyl (C=O) groups excluding carboxylic acids is 1. The van der Waals surface area contributed by atoms with E-state index in [1.54, 1.807) is 20.1 Å². The van der Waals surface area contributed by atoms with Crippen molar-refractivity contribution in [3.63, 3.8) is 0 Å². The molecular weight excluding hydrogens is 214 g/mol. The quantitative estimate of drug-likeness (QED) is 0.735.